The number of allylic oxidation sites excluding steroid dienone is 1. The molecule has 7 rings (SSSR count). The third-order valence-corrected chi connectivity index (χ3v) is 15.9. The summed E-state index contributed by atoms with van der Waals surface area (Å²) in [6.45, 7) is 48.6. The molecule has 0 radical (unpaired) electrons. The van der Waals surface area contributed by atoms with Gasteiger partial charge in [-0.3, -0.25) is 0 Å². The average Bonchev–Trinajstić information content (AvgIpc) is 3.63. The molecule has 0 aromatic heterocycles. The number of hydrogen-bond acceptors (Lipinski definition) is 0. The second-order valence-electron chi connectivity index (χ2n) is 19.0. The van der Waals surface area contributed by atoms with Gasteiger partial charge in [0.1, 0.15) is 0 Å². The third kappa shape index (κ3) is 11.7. The van der Waals surface area contributed by atoms with Crippen LogP contribution in [0.4, 0.5) is 0 Å². The lowest BCUT2D eigenvalue weighted by Crippen LogP contribution is -2.62. The maximum absolute atomic E-state index is 4.36. The van der Waals surface area contributed by atoms with Crippen molar-refractivity contribution in [3.63, 3.8) is 0 Å². The van der Waals surface area contributed by atoms with E-state index < -0.39 is 0 Å². The topological polar surface area (TPSA) is 0 Å². The van der Waals surface area contributed by atoms with Crippen LogP contribution in [0.3, 0.4) is 0 Å². The molecule has 56 heavy (non-hydrogen) atoms. The predicted octanol–water partition coefficient (Wildman–Crippen LogP) is 17.8. The lowest BCUT2D eigenvalue weighted by Gasteiger charge is -2.69. The quantitative estimate of drug-likeness (QED) is 0.272. The van der Waals surface area contributed by atoms with E-state index >= 15 is 0 Å². The third-order valence-electron chi connectivity index (χ3n) is 15.9. The first kappa shape index (κ1) is 51.7. The highest BCUT2D eigenvalue weighted by molar-refractivity contribution is 5.23. The van der Waals surface area contributed by atoms with E-state index in [4.69, 9.17) is 0 Å². The summed E-state index contributed by atoms with van der Waals surface area (Å²) < 4.78 is 0. The summed E-state index contributed by atoms with van der Waals surface area (Å²) >= 11 is 0. The molecular formula is C56H94. The second-order valence-corrected chi connectivity index (χ2v) is 19.0. The summed E-state index contributed by atoms with van der Waals surface area (Å²) in [7, 11) is 0. The molecule has 0 saturated heterocycles. The fourth-order valence-corrected chi connectivity index (χ4v) is 13.3. The highest BCUT2D eigenvalue weighted by Gasteiger charge is 2.65. The maximum atomic E-state index is 4.36. The van der Waals surface area contributed by atoms with Crippen LogP contribution in [0.15, 0.2) is 87.0 Å². The molecule has 0 N–H and O–H groups in total. The summed E-state index contributed by atoms with van der Waals surface area (Å²) in [6.07, 6.45) is 20.2. The van der Waals surface area contributed by atoms with Crippen LogP contribution in [0.5, 0.6) is 0 Å². The van der Waals surface area contributed by atoms with Gasteiger partial charge in [0, 0.05) is 0 Å². The molecule has 2 aromatic carbocycles. The Bertz CT molecular complexity index is 1360. The van der Waals surface area contributed by atoms with E-state index in [0.29, 0.717) is 21.7 Å². The molecule has 0 spiro atoms. The largest absolute Gasteiger partial charge is 0.106 e. The van der Waals surface area contributed by atoms with Gasteiger partial charge in [-0.15, -0.1) is 32.9 Å². The Kier molecular flexibility index (Phi) is 22.1. The van der Waals surface area contributed by atoms with E-state index in [9.17, 15) is 0 Å². The maximum Gasteiger partial charge on any atom is -0.0229 e. The Balaban J connectivity index is 0.000000494. The fraction of sp³-hybridized carbons (Fsp3) is 0.679. The number of hydrogen-bond donors (Lipinski definition) is 0. The van der Waals surface area contributed by atoms with Crippen molar-refractivity contribution in [2.75, 3.05) is 0 Å². The summed E-state index contributed by atoms with van der Waals surface area (Å²) in [5.41, 5.74) is 9.39. The minimum atomic E-state index is 0.528. The standard InChI is InChI=1S/C30H50.2C9H12.2C2H6.2C2H4/c1-20(2)19-30-15-8-9-24(30)22-10-11-26-28(6,23(22)13-18-30)17-14-25-27(4,5)21(3)12-16-29(25,26)7;2*1-3-9-6-4-5-8(2)7-9;4*1-2/h21-26H,1,8-19H2,2-7H3;2*4-7H,3H2,1-2H3;2*1-2H3;2*1-2H2. The number of rotatable bonds is 4. The van der Waals surface area contributed by atoms with Crippen molar-refractivity contribution in [1.29, 1.82) is 0 Å². The van der Waals surface area contributed by atoms with Gasteiger partial charge in [0.2, 0.25) is 0 Å². The lowest BCUT2D eigenvalue weighted by atomic mass is 9.35. The Hall–Kier alpha value is -2.34. The molecule has 5 aliphatic carbocycles. The van der Waals surface area contributed by atoms with Gasteiger partial charge in [0.25, 0.3) is 0 Å². The van der Waals surface area contributed by atoms with Crippen molar-refractivity contribution in [3.8, 4) is 0 Å². The molecule has 5 fully saturated rings. The summed E-state index contributed by atoms with van der Waals surface area (Å²) in [5, 5.41) is 0. The van der Waals surface area contributed by atoms with E-state index in [0.717, 1.165) is 48.3 Å². The van der Waals surface area contributed by atoms with Gasteiger partial charge < -0.3 is 0 Å². The van der Waals surface area contributed by atoms with Crippen LogP contribution < -0.4 is 0 Å². The molecule has 2 aromatic rings. The number of benzene rings is 2. The van der Waals surface area contributed by atoms with E-state index in [2.05, 4.69) is 151 Å². The molecule has 0 amide bonds. The Labute approximate surface area is 351 Å². The van der Waals surface area contributed by atoms with Gasteiger partial charge in [0.05, 0.1) is 0 Å². The molecule has 318 valence electrons. The minimum Gasteiger partial charge on any atom is -0.106 e. The summed E-state index contributed by atoms with van der Waals surface area (Å²) in [5.74, 6) is 5.87. The van der Waals surface area contributed by atoms with E-state index in [1.165, 1.54) is 98.5 Å². The van der Waals surface area contributed by atoms with Crippen LogP contribution in [0, 0.1) is 71.0 Å². The van der Waals surface area contributed by atoms with Crippen LogP contribution >= 0.6 is 0 Å². The molecule has 5 aliphatic rings. The molecule has 0 heteroatoms. The van der Waals surface area contributed by atoms with Crippen LogP contribution in [0.25, 0.3) is 0 Å². The first-order valence-corrected chi connectivity index (χ1v) is 23.5. The zero-order chi connectivity index (χ0) is 42.9. The van der Waals surface area contributed by atoms with Gasteiger partial charge in [-0.2, -0.15) is 0 Å². The molecule has 9 atom stereocenters. The molecule has 0 nitrogen and oxygen atoms in total. The zero-order valence-electron chi connectivity index (χ0n) is 40.0. The van der Waals surface area contributed by atoms with Crippen molar-refractivity contribution in [2.45, 2.75) is 187 Å². The molecular weight excluding hydrogens is 673 g/mol. The molecule has 9 unspecified atom stereocenters. The first-order valence-electron chi connectivity index (χ1n) is 23.5. The molecule has 0 heterocycles. The number of fused-ring (bicyclic) bond motifs is 7. The highest BCUT2D eigenvalue weighted by atomic mass is 14.7. The van der Waals surface area contributed by atoms with Gasteiger partial charge in [-0.1, -0.05) is 148 Å². The van der Waals surface area contributed by atoms with Gasteiger partial charge in [-0.05, 0) is 173 Å². The highest BCUT2D eigenvalue weighted by Crippen LogP contribution is 2.73. The Morgan fingerprint density at radius 1 is 0.625 bits per heavy atom. The zero-order valence-corrected chi connectivity index (χ0v) is 40.0. The van der Waals surface area contributed by atoms with Gasteiger partial charge >= 0.3 is 0 Å². The van der Waals surface area contributed by atoms with Crippen molar-refractivity contribution in [1.82, 2.24) is 0 Å². The smallest absolute Gasteiger partial charge is 0.0229 e. The number of aryl methyl sites for hydroxylation is 4. The predicted molar refractivity (Wildman–Crippen MR) is 256 cm³/mol. The average molecular weight is 767 g/mol. The van der Waals surface area contributed by atoms with Gasteiger partial charge in [0.15, 0.2) is 0 Å². The first-order chi connectivity index (χ1) is 26.7. The van der Waals surface area contributed by atoms with Crippen molar-refractivity contribution in [3.05, 3.63) is 109 Å². The lowest BCUT2D eigenvalue weighted by molar-refractivity contribution is -0.204. The molecule has 5 saturated carbocycles. The van der Waals surface area contributed by atoms with Gasteiger partial charge in [-0.25, -0.2) is 0 Å². The van der Waals surface area contributed by atoms with Crippen molar-refractivity contribution >= 4 is 0 Å². The SMILES string of the molecule is C=C.C=C.C=C(C)CC12CCCC1C1CCC3C(C)(CCC4C(C)(C)C(C)CCC43C)C1CC2.CC.CC.CCc1cccc(C)c1.CCc1cccc(C)c1. The monoisotopic (exact) mass is 767 g/mol. The van der Waals surface area contributed by atoms with E-state index in [1.807, 2.05) is 27.7 Å². The Morgan fingerprint density at radius 3 is 1.61 bits per heavy atom. The van der Waals surface area contributed by atoms with Crippen LogP contribution in [-0.2, 0) is 12.8 Å². The molecule has 0 aliphatic heterocycles. The van der Waals surface area contributed by atoms with E-state index in [1.54, 1.807) is 6.42 Å². The van der Waals surface area contributed by atoms with Crippen molar-refractivity contribution < 1.29 is 0 Å². The fourth-order valence-electron chi connectivity index (χ4n) is 13.3. The minimum absolute atomic E-state index is 0.528. The Morgan fingerprint density at radius 2 is 1.14 bits per heavy atom. The van der Waals surface area contributed by atoms with Crippen LogP contribution in [0.1, 0.15) is 182 Å². The van der Waals surface area contributed by atoms with Crippen LogP contribution in [-0.4, -0.2) is 0 Å². The van der Waals surface area contributed by atoms with Crippen LogP contribution in [0.2, 0.25) is 0 Å². The second kappa shape index (κ2) is 23.9. The summed E-state index contributed by atoms with van der Waals surface area (Å²) in [4.78, 5) is 0. The van der Waals surface area contributed by atoms with E-state index in [-0.39, 0.29) is 0 Å². The summed E-state index contributed by atoms with van der Waals surface area (Å²) in [6, 6.07) is 17.2. The normalized spacial score (nSPS) is 32.6. The van der Waals surface area contributed by atoms with Crippen molar-refractivity contribution in [2.24, 2.45) is 57.2 Å². The molecule has 0 bridgehead atoms.